The minimum atomic E-state index is -1.09. The number of hydrogen-bond donors (Lipinski definition) is 4. The van der Waals surface area contributed by atoms with Crippen LogP contribution in [0.1, 0.15) is 19.8 Å². The van der Waals surface area contributed by atoms with Gasteiger partial charge < -0.3 is 20.8 Å². The predicted octanol–water partition coefficient (Wildman–Crippen LogP) is -1.54. The zero-order valence-corrected chi connectivity index (χ0v) is 9.02. The standard InChI is InChI=1S/C9H16N2O5/c1-2-10-9(16)6(5-12)11-7(13)3-4-8(14)15/h6,12H,2-5H2,1H3,(H,10,16)(H,11,13)(H,14,15). The molecule has 0 bridgehead atoms. The second-order valence-electron chi connectivity index (χ2n) is 3.09. The lowest BCUT2D eigenvalue weighted by atomic mass is 10.2. The third-order valence-corrected chi connectivity index (χ3v) is 1.75. The van der Waals surface area contributed by atoms with Gasteiger partial charge in [0.1, 0.15) is 6.04 Å². The molecule has 0 saturated carbocycles. The monoisotopic (exact) mass is 232 g/mol. The number of nitrogens with one attached hydrogen (secondary N) is 2. The molecule has 0 saturated heterocycles. The summed E-state index contributed by atoms with van der Waals surface area (Å²) in [5, 5.41) is 21.9. The van der Waals surface area contributed by atoms with Crippen molar-refractivity contribution in [2.45, 2.75) is 25.8 Å². The zero-order chi connectivity index (χ0) is 12.6. The fraction of sp³-hybridized carbons (Fsp3) is 0.667. The average Bonchev–Trinajstić information content (AvgIpc) is 2.23. The van der Waals surface area contributed by atoms with E-state index in [2.05, 4.69) is 10.6 Å². The lowest BCUT2D eigenvalue weighted by Crippen LogP contribution is -2.48. The van der Waals surface area contributed by atoms with Crippen LogP contribution >= 0.6 is 0 Å². The van der Waals surface area contributed by atoms with Crippen molar-refractivity contribution in [1.82, 2.24) is 10.6 Å². The van der Waals surface area contributed by atoms with Crippen molar-refractivity contribution in [3.8, 4) is 0 Å². The highest BCUT2D eigenvalue weighted by molar-refractivity contribution is 5.88. The summed E-state index contributed by atoms with van der Waals surface area (Å²) in [5.41, 5.74) is 0. The third kappa shape index (κ3) is 5.97. The van der Waals surface area contributed by atoms with Gasteiger partial charge in [-0.05, 0) is 6.92 Å². The number of aliphatic hydroxyl groups is 1. The molecule has 0 aromatic heterocycles. The Morgan fingerprint density at radius 1 is 1.25 bits per heavy atom. The van der Waals surface area contributed by atoms with Crippen LogP contribution in [0.2, 0.25) is 0 Å². The molecule has 92 valence electrons. The van der Waals surface area contributed by atoms with Gasteiger partial charge in [-0.3, -0.25) is 14.4 Å². The lowest BCUT2D eigenvalue weighted by Gasteiger charge is -2.15. The Bertz CT molecular complexity index is 267. The first-order valence-corrected chi connectivity index (χ1v) is 4.91. The summed E-state index contributed by atoms with van der Waals surface area (Å²) < 4.78 is 0. The van der Waals surface area contributed by atoms with Gasteiger partial charge in [-0.2, -0.15) is 0 Å². The molecule has 1 unspecified atom stereocenters. The third-order valence-electron chi connectivity index (χ3n) is 1.75. The van der Waals surface area contributed by atoms with E-state index in [1.54, 1.807) is 6.92 Å². The Morgan fingerprint density at radius 3 is 2.31 bits per heavy atom. The minimum Gasteiger partial charge on any atom is -0.481 e. The van der Waals surface area contributed by atoms with Gasteiger partial charge in [0.2, 0.25) is 11.8 Å². The number of rotatable bonds is 7. The summed E-state index contributed by atoms with van der Waals surface area (Å²) in [6, 6.07) is -1.03. The van der Waals surface area contributed by atoms with E-state index >= 15 is 0 Å². The van der Waals surface area contributed by atoms with Crippen LogP contribution in [0.15, 0.2) is 0 Å². The largest absolute Gasteiger partial charge is 0.481 e. The summed E-state index contributed by atoms with van der Waals surface area (Å²) in [6.45, 7) is 1.57. The Hall–Kier alpha value is -1.63. The second-order valence-corrected chi connectivity index (χ2v) is 3.09. The summed E-state index contributed by atoms with van der Waals surface area (Å²) >= 11 is 0. The molecule has 0 rings (SSSR count). The van der Waals surface area contributed by atoms with Crippen molar-refractivity contribution in [1.29, 1.82) is 0 Å². The topological polar surface area (TPSA) is 116 Å². The molecule has 7 heteroatoms. The smallest absolute Gasteiger partial charge is 0.303 e. The van der Waals surface area contributed by atoms with E-state index < -0.39 is 30.4 Å². The average molecular weight is 232 g/mol. The molecule has 1 atom stereocenters. The Labute approximate surface area is 92.8 Å². The first kappa shape index (κ1) is 14.4. The second kappa shape index (κ2) is 7.63. The fourth-order valence-electron chi connectivity index (χ4n) is 0.978. The van der Waals surface area contributed by atoms with Gasteiger partial charge in [0.15, 0.2) is 0 Å². The minimum absolute atomic E-state index is 0.217. The Morgan fingerprint density at radius 2 is 1.88 bits per heavy atom. The molecule has 0 aliphatic rings. The van der Waals surface area contributed by atoms with Gasteiger partial charge in [-0.1, -0.05) is 0 Å². The molecule has 2 amide bonds. The zero-order valence-electron chi connectivity index (χ0n) is 9.02. The van der Waals surface area contributed by atoms with Crippen molar-refractivity contribution in [3.63, 3.8) is 0 Å². The number of aliphatic hydroxyl groups excluding tert-OH is 1. The number of carbonyl (C=O) groups excluding carboxylic acids is 2. The van der Waals surface area contributed by atoms with Crippen LogP contribution < -0.4 is 10.6 Å². The SMILES string of the molecule is CCNC(=O)C(CO)NC(=O)CCC(=O)O. The number of carbonyl (C=O) groups is 3. The highest BCUT2D eigenvalue weighted by Crippen LogP contribution is 1.91. The highest BCUT2D eigenvalue weighted by Gasteiger charge is 2.19. The van der Waals surface area contributed by atoms with Gasteiger partial charge in [0.05, 0.1) is 13.0 Å². The maximum atomic E-state index is 11.2. The van der Waals surface area contributed by atoms with Crippen LogP contribution in [0.25, 0.3) is 0 Å². The quantitative estimate of drug-likeness (QED) is 0.425. The fourth-order valence-corrected chi connectivity index (χ4v) is 0.978. The van der Waals surface area contributed by atoms with Crippen molar-refractivity contribution in [3.05, 3.63) is 0 Å². The molecule has 0 fully saturated rings. The summed E-state index contributed by atoms with van der Waals surface area (Å²) in [7, 11) is 0. The maximum Gasteiger partial charge on any atom is 0.303 e. The number of carboxylic acid groups (broad SMARTS) is 1. The molecule has 0 radical (unpaired) electrons. The summed E-state index contributed by atoms with van der Waals surface area (Å²) in [5.74, 6) is -2.16. The van der Waals surface area contributed by atoms with E-state index in [4.69, 9.17) is 10.2 Å². The molecule has 0 spiro atoms. The number of aliphatic carboxylic acids is 1. The first-order valence-electron chi connectivity index (χ1n) is 4.91. The predicted molar refractivity (Wildman–Crippen MR) is 54.6 cm³/mol. The Kier molecular flexibility index (Phi) is 6.86. The normalized spacial score (nSPS) is 11.6. The lowest BCUT2D eigenvalue weighted by molar-refractivity contribution is -0.139. The van der Waals surface area contributed by atoms with E-state index in [1.165, 1.54) is 0 Å². The van der Waals surface area contributed by atoms with Crippen molar-refractivity contribution >= 4 is 17.8 Å². The van der Waals surface area contributed by atoms with Gasteiger partial charge in [0, 0.05) is 13.0 Å². The van der Waals surface area contributed by atoms with Crippen molar-refractivity contribution in [2.24, 2.45) is 0 Å². The van der Waals surface area contributed by atoms with Crippen LogP contribution in [0.4, 0.5) is 0 Å². The molecule has 4 N–H and O–H groups in total. The summed E-state index contributed by atoms with van der Waals surface area (Å²) in [6.07, 6.45) is -0.523. The number of carboxylic acids is 1. The van der Waals surface area contributed by atoms with Crippen LogP contribution in [-0.2, 0) is 14.4 Å². The van der Waals surface area contributed by atoms with Crippen molar-refractivity contribution in [2.75, 3.05) is 13.2 Å². The molecule has 7 nitrogen and oxygen atoms in total. The highest BCUT2D eigenvalue weighted by atomic mass is 16.4. The molecule has 0 heterocycles. The van der Waals surface area contributed by atoms with Crippen LogP contribution in [0.5, 0.6) is 0 Å². The van der Waals surface area contributed by atoms with Crippen LogP contribution in [0.3, 0.4) is 0 Å². The van der Waals surface area contributed by atoms with Gasteiger partial charge in [0.25, 0.3) is 0 Å². The maximum absolute atomic E-state index is 11.2. The molecular weight excluding hydrogens is 216 g/mol. The molecule has 0 aromatic rings. The molecular formula is C9H16N2O5. The Balaban J connectivity index is 4.06. The van der Waals surface area contributed by atoms with E-state index in [1.807, 2.05) is 0 Å². The van der Waals surface area contributed by atoms with E-state index in [-0.39, 0.29) is 12.8 Å². The number of likely N-dealkylation sites (N-methyl/N-ethyl adjacent to an activating group) is 1. The molecule has 0 aliphatic heterocycles. The number of amides is 2. The van der Waals surface area contributed by atoms with Gasteiger partial charge >= 0.3 is 5.97 Å². The molecule has 0 aromatic carbocycles. The molecule has 16 heavy (non-hydrogen) atoms. The first-order chi connectivity index (χ1) is 7.51. The van der Waals surface area contributed by atoms with Crippen LogP contribution in [0, 0.1) is 0 Å². The number of hydrogen-bond acceptors (Lipinski definition) is 4. The van der Waals surface area contributed by atoms with E-state index in [0.717, 1.165) is 0 Å². The van der Waals surface area contributed by atoms with E-state index in [0.29, 0.717) is 6.54 Å². The summed E-state index contributed by atoms with van der Waals surface area (Å²) in [4.78, 5) is 32.6. The van der Waals surface area contributed by atoms with Crippen LogP contribution in [-0.4, -0.2) is 47.2 Å². The van der Waals surface area contributed by atoms with Crippen molar-refractivity contribution < 1.29 is 24.6 Å². The van der Waals surface area contributed by atoms with Gasteiger partial charge in [-0.25, -0.2) is 0 Å². The molecule has 0 aliphatic carbocycles. The van der Waals surface area contributed by atoms with Gasteiger partial charge in [-0.15, -0.1) is 0 Å². The van der Waals surface area contributed by atoms with E-state index in [9.17, 15) is 14.4 Å².